The highest BCUT2D eigenvalue weighted by atomic mass is 35.5. The Bertz CT molecular complexity index is 1310. The molecule has 0 fully saturated rings. The number of hydrogen-bond acceptors (Lipinski definition) is 5. The van der Waals surface area contributed by atoms with Gasteiger partial charge in [-0.2, -0.15) is 0 Å². The number of nitrogens with zero attached hydrogens (tertiary/aromatic N) is 2. The predicted molar refractivity (Wildman–Crippen MR) is 126 cm³/mol. The summed E-state index contributed by atoms with van der Waals surface area (Å²) in [6.07, 6.45) is 0. The van der Waals surface area contributed by atoms with Gasteiger partial charge in [0, 0.05) is 27.2 Å². The Hall–Kier alpha value is -2.73. The Morgan fingerprint density at radius 1 is 0.931 bits per heavy atom. The Balaban J connectivity index is 1.37. The third-order valence-corrected chi connectivity index (χ3v) is 6.71. The number of rotatable bonds is 4. The molecule has 0 aliphatic carbocycles. The maximum atomic E-state index is 6.07. The summed E-state index contributed by atoms with van der Waals surface area (Å²) in [6, 6.07) is 22.4. The smallest absolute Gasteiger partial charge is 0.188 e. The molecule has 3 aromatic carbocycles. The molecule has 5 rings (SSSR count). The molecule has 0 amide bonds. The first-order valence-corrected chi connectivity index (χ1v) is 11.2. The minimum absolute atomic E-state index is 0.727. The lowest BCUT2D eigenvalue weighted by molar-refractivity contribution is 1.37. The van der Waals surface area contributed by atoms with Gasteiger partial charge in [0.2, 0.25) is 0 Å². The lowest BCUT2D eigenvalue weighted by Gasteiger charge is -2.04. The summed E-state index contributed by atoms with van der Waals surface area (Å²) in [6.45, 7) is 2.12. The molecular weight excluding hydrogens is 418 g/mol. The first-order valence-electron chi connectivity index (χ1n) is 9.11. The molecule has 0 bridgehead atoms. The molecule has 1 N–H and O–H groups in total. The van der Waals surface area contributed by atoms with Crippen molar-refractivity contribution in [2.45, 2.75) is 6.92 Å². The van der Waals surface area contributed by atoms with Crippen LogP contribution in [0, 0.1) is 6.92 Å². The third kappa shape index (κ3) is 3.77. The molecule has 142 valence electrons. The lowest BCUT2D eigenvalue weighted by atomic mass is 10.1. The van der Waals surface area contributed by atoms with Crippen LogP contribution < -0.4 is 5.32 Å². The SMILES string of the molecule is Cc1ccccc1-c1nc(-c2ccc(Nc3nc4ccc(Cl)cc4s3)cc2)cs1. The fourth-order valence-electron chi connectivity index (χ4n) is 3.14. The molecular formula is C23H16ClN3S2. The number of hydrogen-bond donors (Lipinski definition) is 1. The van der Waals surface area contributed by atoms with Crippen LogP contribution in [0.3, 0.4) is 0 Å². The van der Waals surface area contributed by atoms with E-state index in [-0.39, 0.29) is 0 Å². The van der Waals surface area contributed by atoms with E-state index in [0.29, 0.717) is 0 Å². The molecule has 5 aromatic rings. The van der Waals surface area contributed by atoms with Crippen molar-refractivity contribution in [1.82, 2.24) is 9.97 Å². The van der Waals surface area contributed by atoms with Crippen LogP contribution in [0.1, 0.15) is 5.56 Å². The first-order chi connectivity index (χ1) is 14.2. The Morgan fingerprint density at radius 2 is 1.76 bits per heavy atom. The average Bonchev–Trinajstić information content (AvgIpc) is 3.35. The van der Waals surface area contributed by atoms with E-state index >= 15 is 0 Å². The van der Waals surface area contributed by atoms with Gasteiger partial charge in [-0.1, -0.05) is 59.3 Å². The molecule has 0 saturated carbocycles. The maximum absolute atomic E-state index is 6.07. The number of nitrogens with one attached hydrogen (secondary N) is 1. The zero-order valence-corrected chi connectivity index (χ0v) is 17.9. The van der Waals surface area contributed by atoms with Crippen molar-refractivity contribution in [3.8, 4) is 21.8 Å². The second-order valence-electron chi connectivity index (χ2n) is 6.69. The van der Waals surface area contributed by atoms with Crippen molar-refractivity contribution < 1.29 is 0 Å². The predicted octanol–water partition coefficient (Wildman–Crippen LogP) is 7.79. The highest BCUT2D eigenvalue weighted by Gasteiger charge is 2.09. The molecule has 6 heteroatoms. The number of anilines is 2. The topological polar surface area (TPSA) is 37.8 Å². The molecule has 0 saturated heterocycles. The largest absolute Gasteiger partial charge is 0.332 e. The molecule has 0 aliphatic heterocycles. The Morgan fingerprint density at radius 3 is 2.59 bits per heavy atom. The second-order valence-corrected chi connectivity index (χ2v) is 9.01. The zero-order valence-electron chi connectivity index (χ0n) is 15.5. The van der Waals surface area contributed by atoms with Crippen LogP contribution in [0.2, 0.25) is 5.02 Å². The van der Waals surface area contributed by atoms with Gasteiger partial charge in [0.1, 0.15) is 5.01 Å². The van der Waals surface area contributed by atoms with E-state index in [1.165, 1.54) is 11.1 Å². The molecule has 29 heavy (non-hydrogen) atoms. The van der Waals surface area contributed by atoms with Crippen molar-refractivity contribution in [3.63, 3.8) is 0 Å². The van der Waals surface area contributed by atoms with E-state index in [0.717, 1.165) is 42.3 Å². The molecule has 2 aromatic heterocycles. The van der Waals surface area contributed by atoms with Gasteiger partial charge < -0.3 is 5.32 Å². The number of fused-ring (bicyclic) bond motifs is 1. The van der Waals surface area contributed by atoms with Crippen molar-refractivity contribution in [2.75, 3.05) is 5.32 Å². The van der Waals surface area contributed by atoms with Gasteiger partial charge in [-0.3, -0.25) is 0 Å². The first kappa shape index (κ1) is 18.3. The standard InChI is InChI=1S/C23H16ClN3S2/c1-14-4-2-3-5-18(14)22-26-20(13-28-22)15-6-9-17(10-7-15)25-23-27-19-11-8-16(24)12-21(19)29-23/h2-13H,1H3,(H,25,27). The fraction of sp³-hybridized carbons (Fsp3) is 0.0435. The van der Waals surface area contributed by atoms with Crippen LogP contribution in [-0.4, -0.2) is 9.97 Å². The summed E-state index contributed by atoms with van der Waals surface area (Å²) in [5.74, 6) is 0. The second kappa shape index (κ2) is 7.59. The number of thiazole rings is 2. The minimum Gasteiger partial charge on any atom is -0.332 e. The third-order valence-electron chi connectivity index (χ3n) is 4.66. The molecule has 3 nitrogen and oxygen atoms in total. The lowest BCUT2D eigenvalue weighted by Crippen LogP contribution is -1.89. The van der Waals surface area contributed by atoms with Gasteiger partial charge in [0.05, 0.1) is 15.9 Å². The highest BCUT2D eigenvalue weighted by molar-refractivity contribution is 7.22. The van der Waals surface area contributed by atoms with Gasteiger partial charge in [0.25, 0.3) is 0 Å². The van der Waals surface area contributed by atoms with E-state index in [4.69, 9.17) is 16.6 Å². The van der Waals surface area contributed by atoms with E-state index in [1.807, 2.05) is 18.2 Å². The summed E-state index contributed by atoms with van der Waals surface area (Å²) in [7, 11) is 0. The van der Waals surface area contributed by atoms with E-state index < -0.39 is 0 Å². The highest BCUT2D eigenvalue weighted by Crippen LogP contribution is 2.33. The summed E-state index contributed by atoms with van der Waals surface area (Å²) < 4.78 is 1.07. The van der Waals surface area contributed by atoms with Gasteiger partial charge >= 0.3 is 0 Å². The maximum Gasteiger partial charge on any atom is 0.188 e. The van der Waals surface area contributed by atoms with E-state index in [1.54, 1.807) is 22.7 Å². The van der Waals surface area contributed by atoms with Crippen LogP contribution in [0.25, 0.3) is 32.0 Å². The average molecular weight is 434 g/mol. The van der Waals surface area contributed by atoms with Crippen molar-refractivity contribution >= 4 is 55.3 Å². The van der Waals surface area contributed by atoms with Gasteiger partial charge in [-0.15, -0.1) is 11.3 Å². The summed E-state index contributed by atoms with van der Waals surface area (Å²) >= 11 is 9.33. The van der Waals surface area contributed by atoms with Crippen molar-refractivity contribution in [3.05, 3.63) is 82.7 Å². The van der Waals surface area contributed by atoms with Crippen LogP contribution in [0.15, 0.2) is 72.1 Å². The Labute approximate surface area is 181 Å². The minimum atomic E-state index is 0.727. The van der Waals surface area contributed by atoms with Gasteiger partial charge in [0.15, 0.2) is 5.13 Å². The molecule has 2 heterocycles. The molecule has 0 atom stereocenters. The summed E-state index contributed by atoms with van der Waals surface area (Å²) in [4.78, 5) is 9.45. The number of benzene rings is 3. The van der Waals surface area contributed by atoms with Crippen LogP contribution in [0.5, 0.6) is 0 Å². The van der Waals surface area contributed by atoms with Crippen LogP contribution in [-0.2, 0) is 0 Å². The quantitative estimate of drug-likeness (QED) is 0.314. The molecule has 0 aliphatic rings. The van der Waals surface area contributed by atoms with Crippen molar-refractivity contribution in [1.29, 1.82) is 0 Å². The molecule has 0 spiro atoms. The van der Waals surface area contributed by atoms with Gasteiger partial charge in [-0.05, 0) is 42.8 Å². The zero-order chi connectivity index (χ0) is 19.8. The fourth-order valence-corrected chi connectivity index (χ4v) is 5.22. The number of aromatic nitrogens is 2. The number of halogens is 1. The summed E-state index contributed by atoms with van der Waals surface area (Å²) in [5, 5.41) is 8.12. The van der Waals surface area contributed by atoms with Crippen LogP contribution in [0.4, 0.5) is 10.8 Å². The number of aryl methyl sites for hydroxylation is 1. The summed E-state index contributed by atoms with van der Waals surface area (Å²) in [5.41, 5.74) is 6.47. The van der Waals surface area contributed by atoms with Crippen molar-refractivity contribution in [2.24, 2.45) is 0 Å². The van der Waals surface area contributed by atoms with Gasteiger partial charge in [-0.25, -0.2) is 9.97 Å². The normalized spacial score (nSPS) is 11.1. The van der Waals surface area contributed by atoms with Crippen LogP contribution >= 0.6 is 34.3 Å². The monoisotopic (exact) mass is 433 g/mol. The molecule has 0 radical (unpaired) electrons. The Kier molecular flexibility index (Phi) is 4.79. The van der Waals surface area contributed by atoms with E-state index in [2.05, 4.69) is 71.1 Å². The molecule has 0 unspecified atom stereocenters. The van der Waals surface area contributed by atoms with E-state index in [9.17, 15) is 0 Å².